The van der Waals surface area contributed by atoms with Crippen molar-refractivity contribution in [2.75, 3.05) is 13.2 Å². The molecule has 5 heteroatoms. The van der Waals surface area contributed by atoms with E-state index in [0.29, 0.717) is 50.7 Å². The quantitative estimate of drug-likeness (QED) is 0.848. The normalized spacial score (nSPS) is 38.0. The molecule has 4 aliphatic rings. The van der Waals surface area contributed by atoms with Gasteiger partial charge in [0.2, 0.25) is 5.91 Å². The maximum atomic E-state index is 12.6. The van der Waals surface area contributed by atoms with Crippen molar-refractivity contribution >= 4 is 5.91 Å². The summed E-state index contributed by atoms with van der Waals surface area (Å²) in [5.41, 5.74) is -0.719. The van der Waals surface area contributed by atoms with Crippen LogP contribution in [0.4, 0.5) is 0 Å². The van der Waals surface area contributed by atoms with Crippen LogP contribution in [0.15, 0.2) is 0 Å². The number of ether oxygens (including phenoxy) is 2. The molecular weight excluding hydrogens is 280 g/mol. The first-order valence-electron chi connectivity index (χ1n) is 8.68. The lowest BCUT2D eigenvalue weighted by molar-refractivity contribution is -0.183. The first-order chi connectivity index (χ1) is 10.7. The second kappa shape index (κ2) is 5.21. The number of nitrogens with zero attached hydrogens (tertiary/aromatic N) is 1. The minimum atomic E-state index is -0.719. The first-order valence-corrected chi connectivity index (χ1v) is 8.68. The summed E-state index contributed by atoms with van der Waals surface area (Å²) >= 11 is 0. The molecule has 5 nitrogen and oxygen atoms in total. The Morgan fingerprint density at radius 3 is 2.18 bits per heavy atom. The zero-order chi connectivity index (χ0) is 15.2. The van der Waals surface area contributed by atoms with Gasteiger partial charge in [-0.05, 0) is 37.5 Å². The van der Waals surface area contributed by atoms with Gasteiger partial charge in [0, 0.05) is 18.8 Å². The van der Waals surface area contributed by atoms with Crippen LogP contribution in [0.5, 0.6) is 0 Å². The minimum absolute atomic E-state index is 0.114. The molecule has 1 heterocycles. The molecule has 4 fully saturated rings. The molecule has 4 rings (SSSR count). The molecule has 0 bridgehead atoms. The molecular formula is C17H24N2O3. The van der Waals surface area contributed by atoms with Crippen LogP contribution in [-0.4, -0.2) is 30.4 Å². The summed E-state index contributed by atoms with van der Waals surface area (Å²) in [5.74, 6) is 0.964. The Morgan fingerprint density at radius 2 is 1.64 bits per heavy atom. The predicted octanol–water partition coefficient (Wildman–Crippen LogP) is 2.12. The van der Waals surface area contributed by atoms with Gasteiger partial charge in [-0.1, -0.05) is 12.8 Å². The summed E-state index contributed by atoms with van der Waals surface area (Å²) in [7, 11) is 0. The molecule has 2 atom stereocenters. The zero-order valence-electron chi connectivity index (χ0n) is 13.0. The van der Waals surface area contributed by atoms with Gasteiger partial charge in [-0.25, -0.2) is 0 Å². The Morgan fingerprint density at radius 1 is 1.05 bits per heavy atom. The summed E-state index contributed by atoms with van der Waals surface area (Å²) in [6.07, 6.45) is 7.52. The molecule has 120 valence electrons. The van der Waals surface area contributed by atoms with Crippen LogP contribution in [0.3, 0.4) is 0 Å². The van der Waals surface area contributed by atoms with Crippen LogP contribution in [0.25, 0.3) is 0 Å². The highest BCUT2D eigenvalue weighted by Gasteiger charge is 2.56. The van der Waals surface area contributed by atoms with E-state index in [1.807, 2.05) is 0 Å². The SMILES string of the molecule is N#CC1(NC(=O)C2C3CCCCC32)CCC2(CC1)OCCO2. The number of fused-ring (bicyclic) bond motifs is 1. The fourth-order valence-corrected chi connectivity index (χ4v) is 4.81. The van der Waals surface area contributed by atoms with Gasteiger partial charge in [-0.2, -0.15) is 5.26 Å². The van der Waals surface area contributed by atoms with Crippen LogP contribution < -0.4 is 5.32 Å². The fraction of sp³-hybridized carbons (Fsp3) is 0.882. The van der Waals surface area contributed by atoms with Gasteiger partial charge in [0.1, 0.15) is 5.54 Å². The maximum Gasteiger partial charge on any atom is 0.224 e. The molecule has 0 radical (unpaired) electrons. The number of hydrogen-bond acceptors (Lipinski definition) is 4. The van der Waals surface area contributed by atoms with Crippen LogP contribution in [0.2, 0.25) is 0 Å². The van der Waals surface area contributed by atoms with Gasteiger partial charge in [-0.15, -0.1) is 0 Å². The third-order valence-electron chi connectivity index (χ3n) is 6.21. The molecule has 2 unspecified atom stereocenters. The van der Waals surface area contributed by atoms with Crippen LogP contribution in [0, 0.1) is 29.1 Å². The van der Waals surface area contributed by atoms with E-state index in [1.54, 1.807) is 0 Å². The number of nitriles is 1. The van der Waals surface area contributed by atoms with E-state index in [-0.39, 0.29) is 11.8 Å². The van der Waals surface area contributed by atoms with Gasteiger partial charge in [-0.3, -0.25) is 4.79 Å². The van der Waals surface area contributed by atoms with E-state index in [4.69, 9.17) is 9.47 Å². The highest BCUT2D eigenvalue weighted by molar-refractivity contribution is 5.83. The number of rotatable bonds is 2. The van der Waals surface area contributed by atoms with Gasteiger partial charge in [0.15, 0.2) is 5.79 Å². The number of amides is 1. The Labute approximate surface area is 131 Å². The monoisotopic (exact) mass is 304 g/mol. The molecule has 1 aliphatic heterocycles. The second-order valence-corrected chi connectivity index (χ2v) is 7.43. The number of hydrogen-bond donors (Lipinski definition) is 1. The van der Waals surface area contributed by atoms with Crippen molar-refractivity contribution in [1.82, 2.24) is 5.32 Å². The molecule has 0 aromatic rings. The lowest BCUT2D eigenvalue weighted by Crippen LogP contribution is -2.53. The van der Waals surface area contributed by atoms with Crippen molar-refractivity contribution in [3.8, 4) is 6.07 Å². The van der Waals surface area contributed by atoms with Crippen molar-refractivity contribution in [3.05, 3.63) is 0 Å². The molecule has 0 aromatic heterocycles. The van der Waals surface area contributed by atoms with Gasteiger partial charge < -0.3 is 14.8 Å². The Bertz CT molecular complexity index is 485. The van der Waals surface area contributed by atoms with E-state index < -0.39 is 11.3 Å². The fourth-order valence-electron chi connectivity index (χ4n) is 4.81. The van der Waals surface area contributed by atoms with E-state index in [0.717, 1.165) is 0 Å². The number of nitrogens with one attached hydrogen (secondary N) is 1. The number of carbonyl (C=O) groups excluding carboxylic acids is 1. The van der Waals surface area contributed by atoms with Crippen LogP contribution in [0.1, 0.15) is 51.4 Å². The predicted molar refractivity (Wildman–Crippen MR) is 78.5 cm³/mol. The lowest BCUT2D eigenvalue weighted by atomic mass is 9.79. The molecule has 1 spiro atoms. The summed E-state index contributed by atoms with van der Waals surface area (Å²) in [6, 6.07) is 2.38. The van der Waals surface area contributed by atoms with Gasteiger partial charge >= 0.3 is 0 Å². The topological polar surface area (TPSA) is 71.4 Å². The molecule has 3 aliphatic carbocycles. The molecule has 22 heavy (non-hydrogen) atoms. The second-order valence-electron chi connectivity index (χ2n) is 7.43. The Hall–Kier alpha value is -1.12. The molecule has 1 saturated heterocycles. The minimum Gasteiger partial charge on any atom is -0.348 e. The summed E-state index contributed by atoms with van der Waals surface area (Å²) < 4.78 is 11.4. The van der Waals surface area contributed by atoms with Crippen molar-refractivity contribution < 1.29 is 14.3 Å². The standard InChI is InChI=1S/C17H24N2O3/c18-11-16(5-7-17(8-6-16)21-9-10-22-17)19-15(20)14-12-3-1-2-4-13(12)14/h12-14H,1-10H2,(H,19,20). The van der Waals surface area contributed by atoms with E-state index in [9.17, 15) is 10.1 Å². The Balaban J connectivity index is 1.38. The lowest BCUT2D eigenvalue weighted by Gasteiger charge is -2.40. The van der Waals surface area contributed by atoms with Crippen molar-refractivity contribution in [3.63, 3.8) is 0 Å². The van der Waals surface area contributed by atoms with Gasteiger partial charge in [0.05, 0.1) is 19.3 Å². The summed E-state index contributed by atoms with van der Waals surface area (Å²) in [5, 5.41) is 12.7. The third kappa shape index (κ3) is 2.33. The van der Waals surface area contributed by atoms with Crippen molar-refractivity contribution in [1.29, 1.82) is 5.26 Å². The van der Waals surface area contributed by atoms with Crippen LogP contribution in [-0.2, 0) is 14.3 Å². The Kier molecular flexibility index (Phi) is 3.43. The highest BCUT2D eigenvalue weighted by Crippen LogP contribution is 2.55. The molecule has 0 aromatic carbocycles. The summed E-state index contributed by atoms with van der Waals surface area (Å²) in [6.45, 7) is 1.27. The largest absolute Gasteiger partial charge is 0.348 e. The highest BCUT2D eigenvalue weighted by atomic mass is 16.7. The molecule has 3 saturated carbocycles. The van der Waals surface area contributed by atoms with Crippen molar-refractivity contribution in [2.45, 2.75) is 62.7 Å². The average molecular weight is 304 g/mol. The first kappa shape index (κ1) is 14.5. The zero-order valence-corrected chi connectivity index (χ0v) is 13.0. The van der Waals surface area contributed by atoms with Gasteiger partial charge in [0.25, 0.3) is 0 Å². The smallest absolute Gasteiger partial charge is 0.224 e. The van der Waals surface area contributed by atoms with Crippen molar-refractivity contribution in [2.24, 2.45) is 17.8 Å². The maximum absolute atomic E-state index is 12.6. The summed E-state index contributed by atoms with van der Waals surface area (Å²) in [4.78, 5) is 12.6. The molecule has 1 N–H and O–H groups in total. The van der Waals surface area contributed by atoms with E-state index in [2.05, 4.69) is 11.4 Å². The van der Waals surface area contributed by atoms with E-state index >= 15 is 0 Å². The molecule has 1 amide bonds. The van der Waals surface area contributed by atoms with E-state index in [1.165, 1.54) is 25.7 Å². The average Bonchev–Trinajstić information content (AvgIpc) is 3.12. The third-order valence-corrected chi connectivity index (χ3v) is 6.21. The number of carbonyl (C=O) groups is 1. The van der Waals surface area contributed by atoms with Crippen LogP contribution >= 0.6 is 0 Å².